The van der Waals surface area contributed by atoms with E-state index >= 15 is 0 Å². The lowest BCUT2D eigenvalue weighted by atomic mass is 10.2. The number of aromatic amines is 1. The molecule has 6 nitrogen and oxygen atoms in total. The van der Waals surface area contributed by atoms with Gasteiger partial charge in [-0.3, -0.25) is 4.79 Å². The van der Waals surface area contributed by atoms with Gasteiger partial charge in [-0.15, -0.1) is 0 Å². The Morgan fingerprint density at radius 1 is 1.30 bits per heavy atom. The quantitative estimate of drug-likeness (QED) is 0.782. The Kier molecular flexibility index (Phi) is 3.12. The first-order valence-corrected chi connectivity index (χ1v) is 6.09. The second-order valence-electron chi connectivity index (χ2n) is 4.21. The average Bonchev–Trinajstić information content (AvgIpc) is 2.85. The van der Waals surface area contributed by atoms with Crippen molar-refractivity contribution < 1.29 is 9.47 Å². The first kappa shape index (κ1) is 12.3. The fraction of sp³-hybridized carbons (Fsp3) is 0.143. The maximum Gasteiger partial charge on any atom is 0.279 e. The summed E-state index contributed by atoms with van der Waals surface area (Å²) in [4.78, 5) is 14.3. The summed E-state index contributed by atoms with van der Waals surface area (Å²) >= 11 is 0. The maximum atomic E-state index is 11.8. The summed E-state index contributed by atoms with van der Waals surface area (Å²) in [7, 11) is 1.50. The van der Waals surface area contributed by atoms with Crippen LogP contribution in [0.15, 0.2) is 47.7 Å². The van der Waals surface area contributed by atoms with Gasteiger partial charge in [-0.25, -0.2) is 4.52 Å². The Bertz CT molecular complexity index is 777. The van der Waals surface area contributed by atoms with Crippen molar-refractivity contribution in [2.45, 2.75) is 6.61 Å². The van der Waals surface area contributed by atoms with Gasteiger partial charge in [0.05, 0.1) is 13.3 Å². The minimum atomic E-state index is -0.272. The Hall–Kier alpha value is -2.76. The molecule has 0 atom stereocenters. The van der Waals surface area contributed by atoms with Crippen molar-refractivity contribution >= 4 is 5.52 Å². The Morgan fingerprint density at radius 2 is 2.10 bits per heavy atom. The number of fused-ring (bicyclic) bond motifs is 1. The molecule has 102 valence electrons. The van der Waals surface area contributed by atoms with Gasteiger partial charge in [-0.1, -0.05) is 30.3 Å². The van der Waals surface area contributed by atoms with Crippen LogP contribution in [0.2, 0.25) is 0 Å². The normalized spacial score (nSPS) is 10.7. The largest absolute Gasteiger partial charge is 0.491 e. The molecular formula is C14H13N3O3. The van der Waals surface area contributed by atoms with Crippen LogP contribution in [0.1, 0.15) is 5.56 Å². The predicted molar refractivity (Wildman–Crippen MR) is 73.1 cm³/mol. The van der Waals surface area contributed by atoms with Crippen LogP contribution >= 0.6 is 0 Å². The number of benzene rings is 1. The van der Waals surface area contributed by atoms with E-state index < -0.39 is 0 Å². The smallest absolute Gasteiger partial charge is 0.279 e. The number of rotatable bonds is 4. The zero-order chi connectivity index (χ0) is 13.9. The molecular weight excluding hydrogens is 258 g/mol. The lowest BCUT2D eigenvalue weighted by Gasteiger charge is -2.06. The van der Waals surface area contributed by atoms with Crippen molar-refractivity contribution in [2.75, 3.05) is 7.11 Å². The number of H-pyrrole nitrogens is 1. The molecule has 0 aliphatic rings. The number of hydrogen-bond donors (Lipinski definition) is 1. The van der Waals surface area contributed by atoms with Crippen LogP contribution < -0.4 is 15.0 Å². The molecule has 2 heterocycles. The molecule has 3 aromatic rings. The van der Waals surface area contributed by atoms with E-state index in [9.17, 15) is 4.79 Å². The first-order valence-electron chi connectivity index (χ1n) is 6.09. The summed E-state index contributed by atoms with van der Waals surface area (Å²) in [5.41, 5.74) is 1.09. The molecule has 1 N–H and O–H groups in total. The number of methoxy groups -OCH3 is 1. The highest BCUT2D eigenvalue weighted by Crippen LogP contribution is 2.31. The van der Waals surface area contributed by atoms with Gasteiger partial charge in [0.25, 0.3) is 5.56 Å². The molecule has 3 rings (SSSR count). The third kappa shape index (κ3) is 2.11. The number of nitrogens with zero attached hydrogens (tertiary/aromatic N) is 2. The zero-order valence-electron chi connectivity index (χ0n) is 10.9. The highest BCUT2D eigenvalue weighted by molar-refractivity contribution is 5.65. The van der Waals surface area contributed by atoms with Crippen molar-refractivity contribution in [1.82, 2.24) is 14.6 Å². The summed E-state index contributed by atoms with van der Waals surface area (Å²) in [6.45, 7) is 0.395. The minimum Gasteiger partial charge on any atom is -0.491 e. The molecule has 0 aliphatic carbocycles. The maximum absolute atomic E-state index is 11.8. The lowest BCUT2D eigenvalue weighted by molar-refractivity contribution is 0.287. The molecule has 6 heteroatoms. The van der Waals surface area contributed by atoms with Gasteiger partial charge in [0.1, 0.15) is 12.9 Å². The van der Waals surface area contributed by atoms with Crippen LogP contribution in [-0.4, -0.2) is 21.7 Å². The van der Waals surface area contributed by atoms with Gasteiger partial charge in [0, 0.05) is 0 Å². The van der Waals surface area contributed by atoms with Gasteiger partial charge in [0.15, 0.2) is 17.0 Å². The minimum absolute atomic E-state index is 0.272. The molecule has 2 aromatic heterocycles. The Morgan fingerprint density at radius 3 is 2.85 bits per heavy atom. The number of ether oxygens (including phenoxy) is 2. The van der Waals surface area contributed by atoms with Crippen LogP contribution in [0.3, 0.4) is 0 Å². The lowest BCUT2D eigenvalue weighted by Crippen LogP contribution is -2.10. The Labute approximate surface area is 114 Å². The van der Waals surface area contributed by atoms with Crippen LogP contribution in [0.5, 0.6) is 11.5 Å². The molecule has 20 heavy (non-hydrogen) atoms. The predicted octanol–water partition coefficient (Wildman–Crippen LogP) is 1.61. The first-order chi connectivity index (χ1) is 9.79. The van der Waals surface area contributed by atoms with Crippen molar-refractivity contribution in [3.05, 3.63) is 58.8 Å². The van der Waals surface area contributed by atoms with E-state index in [4.69, 9.17) is 9.47 Å². The summed E-state index contributed by atoms with van der Waals surface area (Å²) in [6.07, 6.45) is 2.96. The zero-order valence-corrected chi connectivity index (χ0v) is 10.9. The fourth-order valence-corrected chi connectivity index (χ4v) is 2.01. The van der Waals surface area contributed by atoms with Crippen molar-refractivity contribution in [2.24, 2.45) is 0 Å². The molecule has 0 spiro atoms. The number of nitrogens with one attached hydrogen (secondary N) is 1. The SMILES string of the molecule is COc1c(OCc2ccccc2)cn2nc[nH]c(=O)c12. The summed E-state index contributed by atoms with van der Waals surface area (Å²) < 4.78 is 12.4. The molecule has 0 saturated heterocycles. The molecule has 0 amide bonds. The molecule has 0 aliphatic heterocycles. The van der Waals surface area contributed by atoms with E-state index in [1.165, 1.54) is 18.0 Å². The van der Waals surface area contributed by atoms with Crippen LogP contribution in [0, 0.1) is 0 Å². The number of hydrogen-bond acceptors (Lipinski definition) is 4. The monoisotopic (exact) mass is 271 g/mol. The Balaban J connectivity index is 1.95. The van der Waals surface area contributed by atoms with E-state index in [1.807, 2.05) is 30.3 Å². The third-order valence-electron chi connectivity index (χ3n) is 2.94. The van der Waals surface area contributed by atoms with Crippen LogP contribution in [0.4, 0.5) is 0 Å². The average molecular weight is 271 g/mol. The van der Waals surface area contributed by atoms with E-state index in [2.05, 4.69) is 10.1 Å². The molecule has 1 aromatic carbocycles. The van der Waals surface area contributed by atoms with Crippen LogP contribution in [0.25, 0.3) is 5.52 Å². The highest BCUT2D eigenvalue weighted by atomic mass is 16.5. The van der Waals surface area contributed by atoms with Crippen molar-refractivity contribution in [3.63, 3.8) is 0 Å². The van der Waals surface area contributed by atoms with Gasteiger partial charge in [-0.2, -0.15) is 5.10 Å². The summed E-state index contributed by atoms with van der Waals surface area (Å²) in [6, 6.07) is 9.76. The van der Waals surface area contributed by atoms with E-state index in [-0.39, 0.29) is 5.56 Å². The van der Waals surface area contributed by atoms with Gasteiger partial charge in [-0.05, 0) is 5.56 Å². The van der Waals surface area contributed by atoms with Crippen molar-refractivity contribution in [1.29, 1.82) is 0 Å². The topological polar surface area (TPSA) is 68.6 Å². The summed E-state index contributed by atoms with van der Waals surface area (Å²) in [5, 5.41) is 4.03. The van der Waals surface area contributed by atoms with Gasteiger partial charge < -0.3 is 14.5 Å². The third-order valence-corrected chi connectivity index (χ3v) is 2.94. The second kappa shape index (κ2) is 5.08. The molecule has 0 bridgehead atoms. The van der Waals surface area contributed by atoms with E-state index in [1.54, 1.807) is 6.20 Å². The molecule has 0 saturated carbocycles. The standard InChI is InChI=1S/C14H13N3O3/c1-19-13-11(20-8-10-5-3-2-4-6-10)7-17-12(13)14(18)15-9-16-17/h2-7,9H,8H2,1H3,(H,15,16,18). The van der Waals surface area contributed by atoms with Crippen molar-refractivity contribution in [3.8, 4) is 11.5 Å². The number of aromatic nitrogens is 3. The second-order valence-corrected chi connectivity index (χ2v) is 4.21. The van der Waals surface area contributed by atoms with Gasteiger partial charge >= 0.3 is 0 Å². The van der Waals surface area contributed by atoms with Gasteiger partial charge in [0.2, 0.25) is 0 Å². The molecule has 0 unspecified atom stereocenters. The molecule has 0 fully saturated rings. The molecule has 0 radical (unpaired) electrons. The van der Waals surface area contributed by atoms with E-state index in [0.29, 0.717) is 23.6 Å². The van der Waals surface area contributed by atoms with Crippen LogP contribution in [-0.2, 0) is 6.61 Å². The fourth-order valence-electron chi connectivity index (χ4n) is 2.01. The van der Waals surface area contributed by atoms with E-state index in [0.717, 1.165) is 5.56 Å². The highest BCUT2D eigenvalue weighted by Gasteiger charge is 2.16. The summed E-state index contributed by atoms with van der Waals surface area (Å²) in [5.74, 6) is 0.871.